The highest BCUT2D eigenvalue weighted by atomic mass is 127. The molecule has 0 unspecified atom stereocenters. The van der Waals surface area contributed by atoms with E-state index in [0.717, 1.165) is 30.9 Å². The minimum absolute atomic E-state index is 0. The number of guanidine groups is 1. The molecule has 0 aliphatic carbocycles. The van der Waals surface area contributed by atoms with E-state index in [4.69, 9.17) is 0 Å². The second-order valence-electron chi connectivity index (χ2n) is 5.08. The van der Waals surface area contributed by atoms with Gasteiger partial charge >= 0.3 is 6.18 Å². The number of rotatable bonds is 7. The largest absolute Gasteiger partial charge is 0.468 e. The summed E-state index contributed by atoms with van der Waals surface area (Å²) < 4.78 is 41.1. The average molecular weight is 460 g/mol. The molecule has 0 bridgehead atoms. The number of nitrogens with zero attached hydrogens (tertiary/aromatic N) is 3. The van der Waals surface area contributed by atoms with Gasteiger partial charge in [0.1, 0.15) is 0 Å². The Morgan fingerprint density at radius 2 is 2.12 bits per heavy atom. The molecule has 0 radical (unpaired) electrons. The molecule has 5 nitrogen and oxygen atoms in total. The lowest BCUT2D eigenvalue weighted by molar-refractivity contribution is -0.154. The SMILES string of the molecule is CCCCN(C)C(=NC)NCc1ccnc(OCC(F)(F)F)c1.I. The molecule has 0 amide bonds. The van der Waals surface area contributed by atoms with Gasteiger partial charge in [-0.15, -0.1) is 24.0 Å². The lowest BCUT2D eigenvalue weighted by Crippen LogP contribution is -2.38. The fourth-order valence-corrected chi connectivity index (χ4v) is 1.86. The molecule has 9 heteroatoms. The minimum Gasteiger partial charge on any atom is -0.468 e. The monoisotopic (exact) mass is 460 g/mol. The molecule has 1 rings (SSSR count). The normalized spacial score (nSPS) is 11.7. The Labute approximate surface area is 157 Å². The first-order valence-electron chi connectivity index (χ1n) is 7.42. The lowest BCUT2D eigenvalue weighted by Gasteiger charge is -2.21. The van der Waals surface area contributed by atoms with Gasteiger partial charge in [0.15, 0.2) is 12.6 Å². The molecule has 0 aromatic carbocycles. The van der Waals surface area contributed by atoms with Gasteiger partial charge in [0.25, 0.3) is 0 Å². The quantitative estimate of drug-likeness (QED) is 0.385. The first kappa shape index (κ1) is 22.7. The van der Waals surface area contributed by atoms with E-state index in [1.165, 1.54) is 12.3 Å². The van der Waals surface area contributed by atoms with Crippen LogP contribution in [0.4, 0.5) is 13.2 Å². The van der Waals surface area contributed by atoms with Crippen LogP contribution in [-0.2, 0) is 6.54 Å². The van der Waals surface area contributed by atoms with Crippen molar-refractivity contribution in [2.75, 3.05) is 27.2 Å². The van der Waals surface area contributed by atoms with Crippen molar-refractivity contribution in [2.45, 2.75) is 32.5 Å². The molecule has 0 saturated heterocycles. The summed E-state index contributed by atoms with van der Waals surface area (Å²) in [5.74, 6) is 0.684. The minimum atomic E-state index is -4.38. The molecule has 0 aliphatic rings. The van der Waals surface area contributed by atoms with E-state index < -0.39 is 12.8 Å². The zero-order chi connectivity index (χ0) is 17.3. The number of pyridine rings is 1. The van der Waals surface area contributed by atoms with E-state index in [-0.39, 0.29) is 29.9 Å². The van der Waals surface area contributed by atoms with Gasteiger partial charge in [-0.1, -0.05) is 13.3 Å². The second kappa shape index (κ2) is 11.3. The first-order chi connectivity index (χ1) is 10.9. The summed E-state index contributed by atoms with van der Waals surface area (Å²) >= 11 is 0. The number of unbranched alkanes of at least 4 members (excludes halogenated alkanes) is 1. The van der Waals surface area contributed by atoms with E-state index in [2.05, 4.69) is 27.0 Å². The highest BCUT2D eigenvalue weighted by Crippen LogP contribution is 2.17. The van der Waals surface area contributed by atoms with Gasteiger partial charge in [0.05, 0.1) is 0 Å². The van der Waals surface area contributed by atoms with Crippen LogP contribution in [0.3, 0.4) is 0 Å². The van der Waals surface area contributed by atoms with Crippen LogP contribution in [0.1, 0.15) is 25.3 Å². The Kier molecular flexibility index (Phi) is 10.7. The third-order valence-electron chi connectivity index (χ3n) is 3.05. The van der Waals surface area contributed by atoms with Gasteiger partial charge in [-0.3, -0.25) is 4.99 Å². The Morgan fingerprint density at radius 1 is 1.42 bits per heavy atom. The van der Waals surface area contributed by atoms with E-state index >= 15 is 0 Å². The number of ether oxygens (including phenoxy) is 1. The van der Waals surface area contributed by atoms with Crippen molar-refractivity contribution in [3.8, 4) is 5.88 Å². The summed E-state index contributed by atoms with van der Waals surface area (Å²) in [7, 11) is 3.63. The van der Waals surface area contributed by atoms with Crippen LogP contribution in [0.5, 0.6) is 5.88 Å². The average Bonchev–Trinajstić information content (AvgIpc) is 2.51. The van der Waals surface area contributed by atoms with E-state index in [9.17, 15) is 13.2 Å². The predicted octanol–water partition coefficient (Wildman–Crippen LogP) is 3.45. The lowest BCUT2D eigenvalue weighted by atomic mass is 10.2. The summed E-state index contributed by atoms with van der Waals surface area (Å²) in [6, 6.07) is 3.20. The summed E-state index contributed by atoms with van der Waals surface area (Å²) in [6.45, 7) is 2.07. The molecule has 0 atom stereocenters. The van der Waals surface area contributed by atoms with Crippen molar-refractivity contribution in [3.63, 3.8) is 0 Å². The molecule has 1 aromatic rings. The predicted molar refractivity (Wildman–Crippen MR) is 98.9 cm³/mol. The van der Waals surface area contributed by atoms with Crippen molar-refractivity contribution < 1.29 is 17.9 Å². The van der Waals surface area contributed by atoms with Crippen LogP contribution in [-0.4, -0.2) is 49.3 Å². The molecule has 1 N–H and O–H groups in total. The molecule has 0 saturated carbocycles. The number of halogens is 4. The van der Waals surface area contributed by atoms with Crippen molar-refractivity contribution >= 4 is 29.9 Å². The van der Waals surface area contributed by atoms with Gasteiger partial charge in [-0.2, -0.15) is 13.2 Å². The van der Waals surface area contributed by atoms with Crippen molar-refractivity contribution in [3.05, 3.63) is 23.9 Å². The highest BCUT2D eigenvalue weighted by molar-refractivity contribution is 14.0. The number of aromatic nitrogens is 1. The van der Waals surface area contributed by atoms with Crippen LogP contribution < -0.4 is 10.1 Å². The zero-order valence-corrected chi connectivity index (χ0v) is 16.4. The van der Waals surface area contributed by atoms with Crippen LogP contribution in [0.25, 0.3) is 0 Å². The summed E-state index contributed by atoms with van der Waals surface area (Å²) in [5.41, 5.74) is 0.766. The highest BCUT2D eigenvalue weighted by Gasteiger charge is 2.28. The Balaban J connectivity index is 0.00000529. The first-order valence-corrected chi connectivity index (χ1v) is 7.42. The summed E-state index contributed by atoms with van der Waals surface area (Å²) in [4.78, 5) is 9.96. The van der Waals surface area contributed by atoms with Gasteiger partial charge in [-0.05, 0) is 18.1 Å². The van der Waals surface area contributed by atoms with Gasteiger partial charge in [0, 0.05) is 39.4 Å². The van der Waals surface area contributed by atoms with Crippen molar-refractivity contribution in [1.29, 1.82) is 0 Å². The van der Waals surface area contributed by atoms with Crippen LogP contribution >= 0.6 is 24.0 Å². The number of hydrogen-bond donors (Lipinski definition) is 1. The number of alkyl halides is 3. The molecule has 0 aliphatic heterocycles. The van der Waals surface area contributed by atoms with Crippen molar-refractivity contribution in [1.82, 2.24) is 15.2 Å². The van der Waals surface area contributed by atoms with Crippen LogP contribution in [0.15, 0.2) is 23.3 Å². The second-order valence-corrected chi connectivity index (χ2v) is 5.08. The van der Waals surface area contributed by atoms with E-state index in [1.807, 2.05) is 11.9 Å². The van der Waals surface area contributed by atoms with Crippen LogP contribution in [0, 0.1) is 0 Å². The molecule has 24 heavy (non-hydrogen) atoms. The fourth-order valence-electron chi connectivity index (χ4n) is 1.86. The molecule has 138 valence electrons. The molecule has 0 spiro atoms. The molecular weight excluding hydrogens is 436 g/mol. The number of nitrogens with one attached hydrogen (secondary N) is 1. The Bertz CT molecular complexity index is 512. The maximum atomic E-state index is 12.1. The maximum Gasteiger partial charge on any atom is 0.422 e. The van der Waals surface area contributed by atoms with E-state index in [1.54, 1.807) is 13.1 Å². The van der Waals surface area contributed by atoms with Gasteiger partial charge in [-0.25, -0.2) is 4.98 Å². The summed E-state index contributed by atoms with van der Waals surface area (Å²) in [6.07, 6.45) is -0.806. The topological polar surface area (TPSA) is 49.8 Å². The molecular formula is C15H24F3IN4O. The van der Waals surface area contributed by atoms with Gasteiger partial charge < -0.3 is 15.0 Å². The Hall–Kier alpha value is -1.26. The van der Waals surface area contributed by atoms with Crippen LogP contribution in [0.2, 0.25) is 0 Å². The van der Waals surface area contributed by atoms with Crippen molar-refractivity contribution in [2.24, 2.45) is 4.99 Å². The standard InChI is InChI=1S/C15H23F3N4O.HI/c1-4-5-8-22(3)14(19-2)21-10-12-6-7-20-13(9-12)23-11-15(16,17)18;/h6-7,9H,4-5,8,10-11H2,1-3H3,(H,19,21);1H. The fraction of sp³-hybridized carbons (Fsp3) is 0.600. The molecule has 1 heterocycles. The van der Waals surface area contributed by atoms with E-state index in [0.29, 0.717) is 6.54 Å². The zero-order valence-electron chi connectivity index (χ0n) is 14.1. The molecule has 1 aromatic heterocycles. The summed E-state index contributed by atoms with van der Waals surface area (Å²) in [5, 5.41) is 3.16. The molecule has 0 fully saturated rings. The smallest absolute Gasteiger partial charge is 0.422 e. The number of hydrogen-bond acceptors (Lipinski definition) is 3. The van der Waals surface area contributed by atoms with Gasteiger partial charge in [0.2, 0.25) is 5.88 Å². The third-order valence-corrected chi connectivity index (χ3v) is 3.05. The Morgan fingerprint density at radius 3 is 2.71 bits per heavy atom. The maximum absolute atomic E-state index is 12.1. The number of aliphatic imine (C=N–C) groups is 1. The third kappa shape index (κ3) is 9.14.